The normalized spacial score (nSPS) is 8.56. The van der Waals surface area contributed by atoms with E-state index >= 15 is 0 Å². The average Bonchev–Trinajstić information content (AvgIpc) is 1.85. The first kappa shape index (κ1) is 8.49. The van der Waals surface area contributed by atoms with Gasteiger partial charge in [-0.15, -0.1) is 0 Å². The lowest BCUT2D eigenvalue weighted by atomic mass is 10.3. The standard InChI is InChI=1S/C5H9NO2S/c7-4-6-5(8)2-1-3-9/h4,9H,1-3H2,(H,6,7,8). The smallest absolute Gasteiger partial charge is 0.226 e. The Balaban J connectivity index is 3.16. The largest absolute Gasteiger partial charge is 0.299 e. The average molecular weight is 147 g/mol. The van der Waals surface area contributed by atoms with Gasteiger partial charge in [-0.25, -0.2) is 0 Å². The predicted octanol–water partition coefficient (Wildman–Crippen LogP) is -0.0310. The van der Waals surface area contributed by atoms with Crippen LogP contribution in [0.5, 0.6) is 0 Å². The van der Waals surface area contributed by atoms with E-state index in [-0.39, 0.29) is 5.91 Å². The summed E-state index contributed by atoms with van der Waals surface area (Å²) in [5, 5.41) is 2.03. The van der Waals surface area contributed by atoms with Crippen molar-refractivity contribution in [2.45, 2.75) is 12.8 Å². The maximum Gasteiger partial charge on any atom is 0.226 e. The molecule has 0 radical (unpaired) electrons. The lowest BCUT2D eigenvalue weighted by Crippen LogP contribution is -2.20. The van der Waals surface area contributed by atoms with Gasteiger partial charge in [0.15, 0.2) is 0 Å². The van der Waals surface area contributed by atoms with Crippen LogP contribution in [0.25, 0.3) is 0 Å². The fourth-order valence-corrected chi connectivity index (χ4v) is 0.536. The van der Waals surface area contributed by atoms with Gasteiger partial charge >= 0.3 is 0 Å². The Morgan fingerprint density at radius 1 is 1.67 bits per heavy atom. The minimum Gasteiger partial charge on any atom is -0.299 e. The summed E-state index contributed by atoms with van der Waals surface area (Å²) in [4.78, 5) is 20.1. The molecule has 0 aliphatic rings. The third kappa shape index (κ3) is 5.36. The van der Waals surface area contributed by atoms with Crippen molar-refractivity contribution in [3.05, 3.63) is 0 Å². The SMILES string of the molecule is O=CNC(=O)CCCS. The Bertz CT molecular complexity index is 105. The molecular weight excluding hydrogens is 138 g/mol. The number of carbonyl (C=O) groups is 2. The van der Waals surface area contributed by atoms with Gasteiger partial charge in [0.2, 0.25) is 12.3 Å². The molecule has 0 saturated carbocycles. The summed E-state index contributed by atoms with van der Waals surface area (Å²) < 4.78 is 0. The van der Waals surface area contributed by atoms with Crippen LogP contribution in [0.1, 0.15) is 12.8 Å². The van der Waals surface area contributed by atoms with Gasteiger partial charge in [0.05, 0.1) is 0 Å². The second-order valence-corrected chi connectivity index (χ2v) is 1.96. The molecule has 0 aromatic heterocycles. The quantitative estimate of drug-likeness (QED) is 0.433. The molecule has 0 atom stereocenters. The molecule has 52 valence electrons. The maximum absolute atomic E-state index is 10.4. The molecule has 0 heterocycles. The minimum atomic E-state index is -0.237. The molecule has 3 nitrogen and oxygen atoms in total. The van der Waals surface area contributed by atoms with Crippen molar-refractivity contribution in [1.29, 1.82) is 0 Å². The molecule has 0 aliphatic carbocycles. The molecule has 0 aromatic rings. The van der Waals surface area contributed by atoms with Crippen LogP contribution in [-0.2, 0) is 9.59 Å². The van der Waals surface area contributed by atoms with E-state index in [1.54, 1.807) is 0 Å². The number of nitrogens with one attached hydrogen (secondary N) is 1. The molecule has 4 heteroatoms. The lowest BCUT2D eigenvalue weighted by molar-refractivity contribution is -0.125. The second-order valence-electron chi connectivity index (χ2n) is 1.51. The first-order chi connectivity index (χ1) is 4.31. The summed E-state index contributed by atoms with van der Waals surface area (Å²) in [6.07, 6.45) is 1.48. The van der Waals surface area contributed by atoms with Gasteiger partial charge in [0, 0.05) is 6.42 Å². The number of hydrogen-bond donors (Lipinski definition) is 2. The van der Waals surface area contributed by atoms with E-state index in [1.165, 1.54) is 0 Å². The van der Waals surface area contributed by atoms with Gasteiger partial charge < -0.3 is 0 Å². The maximum atomic E-state index is 10.4. The fourth-order valence-electron chi connectivity index (χ4n) is 0.378. The van der Waals surface area contributed by atoms with Crippen molar-refractivity contribution in [3.63, 3.8) is 0 Å². The zero-order valence-electron chi connectivity index (χ0n) is 4.96. The molecular formula is C5H9NO2S. The molecule has 0 aliphatic heterocycles. The molecule has 0 spiro atoms. The van der Waals surface area contributed by atoms with Crippen LogP contribution in [0.3, 0.4) is 0 Å². The number of rotatable bonds is 4. The number of thiol groups is 1. The summed E-state index contributed by atoms with van der Waals surface area (Å²) in [6, 6.07) is 0. The van der Waals surface area contributed by atoms with Crippen molar-refractivity contribution in [1.82, 2.24) is 5.32 Å². The molecule has 0 rings (SSSR count). The van der Waals surface area contributed by atoms with E-state index in [2.05, 4.69) is 12.6 Å². The molecule has 0 unspecified atom stereocenters. The molecule has 1 N–H and O–H groups in total. The number of amides is 2. The van der Waals surface area contributed by atoms with Crippen molar-refractivity contribution < 1.29 is 9.59 Å². The van der Waals surface area contributed by atoms with Crippen LogP contribution in [0.4, 0.5) is 0 Å². The molecule has 0 bridgehead atoms. The Hall–Kier alpha value is -0.510. The fraction of sp³-hybridized carbons (Fsp3) is 0.600. The van der Waals surface area contributed by atoms with E-state index in [9.17, 15) is 9.59 Å². The topological polar surface area (TPSA) is 46.2 Å². The minimum absolute atomic E-state index is 0.237. The van der Waals surface area contributed by atoms with E-state index in [4.69, 9.17) is 0 Å². The van der Waals surface area contributed by atoms with E-state index < -0.39 is 0 Å². The Morgan fingerprint density at radius 2 is 2.33 bits per heavy atom. The first-order valence-corrected chi connectivity index (χ1v) is 3.28. The summed E-state index contributed by atoms with van der Waals surface area (Å²) >= 11 is 3.90. The van der Waals surface area contributed by atoms with Crippen molar-refractivity contribution in [3.8, 4) is 0 Å². The summed E-state index contributed by atoms with van der Waals surface area (Å²) in [6.45, 7) is 0. The third-order valence-corrected chi connectivity index (χ3v) is 1.10. The highest BCUT2D eigenvalue weighted by atomic mass is 32.1. The Labute approximate surface area is 59.2 Å². The summed E-state index contributed by atoms with van der Waals surface area (Å²) in [5.74, 6) is 0.436. The van der Waals surface area contributed by atoms with E-state index in [1.807, 2.05) is 5.32 Å². The summed E-state index contributed by atoms with van der Waals surface area (Å²) in [5.41, 5.74) is 0. The zero-order chi connectivity index (χ0) is 7.11. The highest BCUT2D eigenvalue weighted by molar-refractivity contribution is 7.80. The third-order valence-electron chi connectivity index (χ3n) is 0.782. The molecule has 2 amide bonds. The Kier molecular flexibility index (Phi) is 5.30. The van der Waals surface area contributed by atoms with Gasteiger partial charge in [-0.3, -0.25) is 14.9 Å². The Morgan fingerprint density at radius 3 is 2.78 bits per heavy atom. The van der Waals surface area contributed by atoms with Crippen molar-refractivity contribution in [2.24, 2.45) is 0 Å². The molecule has 9 heavy (non-hydrogen) atoms. The van der Waals surface area contributed by atoms with Crippen LogP contribution in [0.2, 0.25) is 0 Å². The predicted molar refractivity (Wildman–Crippen MR) is 37.3 cm³/mol. The van der Waals surface area contributed by atoms with Crippen LogP contribution in [-0.4, -0.2) is 18.1 Å². The van der Waals surface area contributed by atoms with Crippen molar-refractivity contribution in [2.75, 3.05) is 5.75 Å². The van der Waals surface area contributed by atoms with Crippen LogP contribution >= 0.6 is 12.6 Å². The number of imide groups is 1. The number of hydrogen-bond acceptors (Lipinski definition) is 3. The van der Waals surface area contributed by atoms with Crippen LogP contribution in [0, 0.1) is 0 Å². The first-order valence-electron chi connectivity index (χ1n) is 2.65. The lowest BCUT2D eigenvalue weighted by Gasteiger charge is -1.92. The monoisotopic (exact) mass is 147 g/mol. The highest BCUT2D eigenvalue weighted by Crippen LogP contribution is 1.89. The highest BCUT2D eigenvalue weighted by Gasteiger charge is 1.95. The summed E-state index contributed by atoms with van der Waals surface area (Å²) in [7, 11) is 0. The van der Waals surface area contributed by atoms with Gasteiger partial charge in [0.1, 0.15) is 0 Å². The van der Waals surface area contributed by atoms with Gasteiger partial charge in [-0.05, 0) is 12.2 Å². The van der Waals surface area contributed by atoms with Crippen LogP contribution < -0.4 is 5.32 Å². The van der Waals surface area contributed by atoms with Gasteiger partial charge in [-0.1, -0.05) is 0 Å². The second kappa shape index (κ2) is 5.62. The molecule has 0 aromatic carbocycles. The van der Waals surface area contributed by atoms with Crippen LogP contribution in [0.15, 0.2) is 0 Å². The van der Waals surface area contributed by atoms with Gasteiger partial charge in [0.25, 0.3) is 0 Å². The van der Waals surface area contributed by atoms with E-state index in [0.717, 1.165) is 0 Å². The molecule has 0 fully saturated rings. The van der Waals surface area contributed by atoms with Gasteiger partial charge in [-0.2, -0.15) is 12.6 Å². The van der Waals surface area contributed by atoms with E-state index in [0.29, 0.717) is 25.0 Å². The molecule has 0 saturated heterocycles. The number of carbonyl (C=O) groups excluding carboxylic acids is 2. The van der Waals surface area contributed by atoms with Crippen molar-refractivity contribution >= 4 is 24.9 Å². The zero-order valence-corrected chi connectivity index (χ0v) is 5.86.